The molecular formula is C21H28NO5+. The van der Waals surface area contributed by atoms with Gasteiger partial charge in [0.1, 0.15) is 26.3 Å². The van der Waals surface area contributed by atoms with Crippen LogP contribution in [0.4, 0.5) is 0 Å². The Bertz CT molecular complexity index is 740. The molecule has 146 valence electrons. The molecule has 0 amide bonds. The number of hydrogen-bond donors (Lipinski definition) is 0. The van der Waals surface area contributed by atoms with Crippen LogP contribution >= 0.6 is 0 Å². The van der Waals surface area contributed by atoms with Gasteiger partial charge in [-0.05, 0) is 24.3 Å². The van der Waals surface area contributed by atoms with Gasteiger partial charge in [-0.3, -0.25) is 0 Å². The lowest BCUT2D eigenvalue weighted by molar-refractivity contribution is -0.893. The molecule has 1 heterocycles. The van der Waals surface area contributed by atoms with Crippen molar-refractivity contribution in [3.63, 3.8) is 0 Å². The highest BCUT2D eigenvalue weighted by Crippen LogP contribution is 2.36. The van der Waals surface area contributed by atoms with Crippen molar-refractivity contribution in [2.45, 2.75) is 6.10 Å². The SMILES string of the molecule is COc1cccc(OC)c1OCC[N+](C)(C)CC1COc2ccccc2O1. The van der Waals surface area contributed by atoms with Crippen LogP contribution in [0.5, 0.6) is 28.7 Å². The Hall–Kier alpha value is -2.60. The van der Waals surface area contributed by atoms with Crippen molar-refractivity contribution in [1.29, 1.82) is 0 Å². The Morgan fingerprint density at radius 1 is 0.963 bits per heavy atom. The van der Waals surface area contributed by atoms with E-state index < -0.39 is 0 Å². The zero-order valence-electron chi connectivity index (χ0n) is 16.4. The van der Waals surface area contributed by atoms with Crippen molar-refractivity contribution in [3.05, 3.63) is 42.5 Å². The Morgan fingerprint density at radius 2 is 1.63 bits per heavy atom. The van der Waals surface area contributed by atoms with Gasteiger partial charge in [-0.15, -0.1) is 0 Å². The number of likely N-dealkylation sites (N-methyl/N-ethyl adjacent to an activating group) is 1. The molecule has 0 aliphatic carbocycles. The van der Waals surface area contributed by atoms with E-state index in [0.29, 0.717) is 30.5 Å². The zero-order valence-corrected chi connectivity index (χ0v) is 16.4. The maximum absolute atomic E-state index is 6.08. The van der Waals surface area contributed by atoms with Gasteiger partial charge in [0.25, 0.3) is 0 Å². The molecule has 0 N–H and O–H groups in total. The molecule has 1 aliphatic rings. The van der Waals surface area contributed by atoms with Crippen LogP contribution in [0.25, 0.3) is 0 Å². The largest absolute Gasteiger partial charge is 0.493 e. The fourth-order valence-electron chi connectivity index (χ4n) is 3.15. The summed E-state index contributed by atoms with van der Waals surface area (Å²) in [5.74, 6) is 3.59. The van der Waals surface area contributed by atoms with E-state index in [1.165, 1.54) is 0 Å². The summed E-state index contributed by atoms with van der Waals surface area (Å²) in [4.78, 5) is 0. The minimum absolute atomic E-state index is 0.00991. The van der Waals surface area contributed by atoms with Crippen LogP contribution in [-0.2, 0) is 0 Å². The predicted molar refractivity (Wildman–Crippen MR) is 103 cm³/mol. The smallest absolute Gasteiger partial charge is 0.203 e. The van der Waals surface area contributed by atoms with Crippen LogP contribution in [0.15, 0.2) is 42.5 Å². The van der Waals surface area contributed by atoms with Gasteiger partial charge >= 0.3 is 0 Å². The summed E-state index contributed by atoms with van der Waals surface area (Å²) in [5.41, 5.74) is 0. The van der Waals surface area contributed by atoms with Gasteiger partial charge in [0.2, 0.25) is 5.75 Å². The lowest BCUT2D eigenvalue weighted by atomic mass is 10.2. The molecule has 0 aromatic heterocycles. The van der Waals surface area contributed by atoms with Gasteiger partial charge in [0.05, 0.1) is 28.3 Å². The monoisotopic (exact) mass is 374 g/mol. The number of para-hydroxylation sites is 3. The molecule has 0 radical (unpaired) electrons. The summed E-state index contributed by atoms with van der Waals surface area (Å²) in [6.45, 7) is 2.72. The number of ether oxygens (including phenoxy) is 5. The average Bonchev–Trinajstić information content (AvgIpc) is 2.67. The van der Waals surface area contributed by atoms with Crippen LogP contribution in [-0.4, -0.2) is 65.2 Å². The van der Waals surface area contributed by atoms with E-state index >= 15 is 0 Å². The zero-order chi connectivity index (χ0) is 19.3. The van der Waals surface area contributed by atoms with Crippen molar-refractivity contribution < 1.29 is 28.2 Å². The second kappa shape index (κ2) is 8.39. The van der Waals surface area contributed by atoms with Crippen molar-refractivity contribution in [3.8, 4) is 28.7 Å². The standard InChI is InChI=1S/C21H28NO5/c1-22(2,14-16-15-26-17-8-5-6-9-18(17)27-16)12-13-25-21-19(23-3)10-7-11-20(21)24-4/h5-11,16H,12-15H2,1-4H3/q+1. The van der Waals surface area contributed by atoms with Gasteiger partial charge in [0.15, 0.2) is 29.1 Å². The molecule has 2 aromatic rings. The van der Waals surface area contributed by atoms with E-state index in [9.17, 15) is 0 Å². The fourth-order valence-corrected chi connectivity index (χ4v) is 3.15. The second-order valence-electron chi connectivity index (χ2n) is 7.18. The minimum atomic E-state index is 0.00991. The van der Waals surface area contributed by atoms with E-state index in [0.717, 1.165) is 29.1 Å². The van der Waals surface area contributed by atoms with Crippen molar-refractivity contribution in [2.24, 2.45) is 0 Å². The van der Waals surface area contributed by atoms with Crippen molar-refractivity contribution >= 4 is 0 Å². The third-order valence-electron chi connectivity index (χ3n) is 4.59. The molecule has 1 atom stereocenters. The Balaban J connectivity index is 1.55. The Labute approximate surface area is 160 Å². The summed E-state index contributed by atoms with van der Waals surface area (Å²) >= 11 is 0. The lowest BCUT2D eigenvalue weighted by Gasteiger charge is -2.35. The first kappa shape index (κ1) is 19.2. The first-order valence-corrected chi connectivity index (χ1v) is 9.06. The van der Waals surface area contributed by atoms with Gasteiger partial charge in [-0.25, -0.2) is 0 Å². The Morgan fingerprint density at radius 3 is 2.30 bits per heavy atom. The molecule has 3 rings (SSSR count). The van der Waals surface area contributed by atoms with Gasteiger partial charge in [0, 0.05) is 0 Å². The molecule has 0 saturated carbocycles. The van der Waals surface area contributed by atoms with Gasteiger partial charge in [-0.1, -0.05) is 18.2 Å². The molecule has 0 saturated heterocycles. The van der Waals surface area contributed by atoms with Crippen molar-refractivity contribution in [1.82, 2.24) is 0 Å². The van der Waals surface area contributed by atoms with E-state index in [1.807, 2.05) is 42.5 Å². The first-order chi connectivity index (χ1) is 13.0. The third-order valence-corrected chi connectivity index (χ3v) is 4.59. The summed E-state index contributed by atoms with van der Waals surface area (Å²) in [5, 5.41) is 0. The number of quaternary nitrogens is 1. The molecule has 0 spiro atoms. The highest BCUT2D eigenvalue weighted by Gasteiger charge is 2.28. The number of hydrogen-bond acceptors (Lipinski definition) is 5. The highest BCUT2D eigenvalue weighted by atomic mass is 16.6. The number of rotatable bonds is 8. The number of methoxy groups -OCH3 is 2. The molecule has 0 fully saturated rings. The molecule has 1 aliphatic heterocycles. The van der Waals surface area contributed by atoms with Gasteiger partial charge < -0.3 is 28.2 Å². The van der Waals surface area contributed by atoms with Crippen LogP contribution in [0.2, 0.25) is 0 Å². The lowest BCUT2D eigenvalue weighted by Crippen LogP contribution is -2.51. The normalized spacial score (nSPS) is 15.9. The summed E-state index contributed by atoms with van der Waals surface area (Å²) in [6.07, 6.45) is 0.00991. The molecule has 0 bridgehead atoms. The predicted octanol–water partition coefficient (Wildman–Crippen LogP) is 3.00. The second-order valence-corrected chi connectivity index (χ2v) is 7.18. The van der Waals surface area contributed by atoms with Crippen LogP contribution in [0.3, 0.4) is 0 Å². The van der Waals surface area contributed by atoms with Crippen LogP contribution in [0.1, 0.15) is 0 Å². The highest BCUT2D eigenvalue weighted by molar-refractivity contribution is 5.51. The molecule has 6 heteroatoms. The van der Waals surface area contributed by atoms with Crippen LogP contribution < -0.4 is 23.7 Å². The number of fused-ring (bicyclic) bond motifs is 1. The molecule has 27 heavy (non-hydrogen) atoms. The van der Waals surface area contributed by atoms with E-state index in [4.69, 9.17) is 23.7 Å². The third kappa shape index (κ3) is 4.77. The molecule has 1 unspecified atom stereocenters. The summed E-state index contributed by atoms with van der Waals surface area (Å²) < 4.78 is 29.4. The molecule has 6 nitrogen and oxygen atoms in total. The fraction of sp³-hybridized carbons (Fsp3) is 0.429. The van der Waals surface area contributed by atoms with Gasteiger partial charge in [-0.2, -0.15) is 0 Å². The number of benzene rings is 2. The van der Waals surface area contributed by atoms with E-state index in [1.54, 1.807) is 14.2 Å². The Kier molecular flexibility index (Phi) is 5.96. The first-order valence-electron chi connectivity index (χ1n) is 9.06. The maximum Gasteiger partial charge on any atom is 0.203 e. The van der Waals surface area contributed by atoms with E-state index in [2.05, 4.69) is 14.1 Å². The summed E-state index contributed by atoms with van der Waals surface area (Å²) in [6, 6.07) is 13.4. The topological polar surface area (TPSA) is 46.2 Å². The van der Waals surface area contributed by atoms with Crippen LogP contribution in [0, 0.1) is 0 Å². The van der Waals surface area contributed by atoms with Crippen molar-refractivity contribution in [2.75, 3.05) is 54.6 Å². The van der Waals surface area contributed by atoms with E-state index in [-0.39, 0.29) is 6.10 Å². The quantitative estimate of drug-likeness (QED) is 0.665. The minimum Gasteiger partial charge on any atom is -0.493 e. The summed E-state index contributed by atoms with van der Waals surface area (Å²) in [7, 11) is 7.57. The molecular weight excluding hydrogens is 346 g/mol. The maximum atomic E-state index is 6.08. The average molecular weight is 374 g/mol. The number of nitrogens with zero attached hydrogens (tertiary/aromatic N) is 1. The molecule has 2 aromatic carbocycles.